The normalized spacial score (nSPS) is 18.2. The van der Waals surface area contributed by atoms with Crippen LogP contribution in [0.1, 0.15) is 34.2 Å². The van der Waals surface area contributed by atoms with Crippen LogP contribution < -0.4 is 4.90 Å². The summed E-state index contributed by atoms with van der Waals surface area (Å²) in [6.07, 6.45) is 0. The molecular weight excluding hydrogens is 302 g/mol. The zero-order chi connectivity index (χ0) is 17.4. The standard InChI is InChI=1S/C19H23N3O2/c1-12-7-5-6-8-16(12)22-15(4)10-21(11-17(22)23)19(24)18-13(2)9-14(3)20-18/h5-9,15,20H,10-11H2,1-4H3/t15-/m0/s1. The van der Waals surface area contributed by atoms with E-state index in [-0.39, 0.29) is 24.4 Å². The number of carbonyl (C=O) groups is 2. The molecule has 0 unspecified atom stereocenters. The molecule has 1 N–H and O–H groups in total. The van der Waals surface area contributed by atoms with Crippen molar-refractivity contribution in [2.45, 2.75) is 33.7 Å². The maximum absolute atomic E-state index is 12.8. The molecule has 3 rings (SSSR count). The summed E-state index contributed by atoms with van der Waals surface area (Å²) >= 11 is 0. The number of nitrogens with zero attached hydrogens (tertiary/aromatic N) is 2. The maximum Gasteiger partial charge on any atom is 0.271 e. The lowest BCUT2D eigenvalue weighted by molar-refractivity contribution is -0.121. The van der Waals surface area contributed by atoms with Crippen molar-refractivity contribution in [3.8, 4) is 0 Å². The van der Waals surface area contributed by atoms with Crippen molar-refractivity contribution in [2.75, 3.05) is 18.0 Å². The lowest BCUT2D eigenvalue weighted by atomic mass is 10.1. The van der Waals surface area contributed by atoms with E-state index in [0.717, 1.165) is 22.5 Å². The second kappa shape index (κ2) is 6.15. The molecule has 2 aromatic rings. The molecule has 0 saturated carbocycles. The number of hydrogen-bond donors (Lipinski definition) is 1. The highest BCUT2D eigenvalue weighted by Gasteiger charge is 2.34. The monoisotopic (exact) mass is 325 g/mol. The minimum absolute atomic E-state index is 0.0441. The molecule has 1 aliphatic heterocycles. The minimum atomic E-state index is -0.106. The second-order valence-corrected chi connectivity index (χ2v) is 6.60. The first-order chi connectivity index (χ1) is 11.4. The molecule has 2 amide bonds. The predicted molar refractivity (Wildman–Crippen MR) is 94.3 cm³/mol. The number of amides is 2. The largest absolute Gasteiger partial charge is 0.354 e. The fourth-order valence-corrected chi connectivity index (χ4v) is 3.42. The highest BCUT2D eigenvalue weighted by atomic mass is 16.2. The molecule has 5 heteroatoms. The summed E-state index contributed by atoms with van der Waals surface area (Å²) in [4.78, 5) is 32.0. The maximum atomic E-state index is 12.8. The fourth-order valence-electron chi connectivity index (χ4n) is 3.42. The first-order valence-corrected chi connectivity index (χ1v) is 8.21. The molecule has 24 heavy (non-hydrogen) atoms. The Hall–Kier alpha value is -2.56. The first-order valence-electron chi connectivity index (χ1n) is 8.21. The van der Waals surface area contributed by atoms with Crippen LogP contribution >= 0.6 is 0 Å². The number of piperazine rings is 1. The third-order valence-corrected chi connectivity index (χ3v) is 4.55. The summed E-state index contributed by atoms with van der Waals surface area (Å²) in [7, 11) is 0. The number of benzene rings is 1. The Labute approximate surface area is 142 Å². The van der Waals surface area contributed by atoms with Crippen molar-refractivity contribution in [3.05, 3.63) is 52.8 Å². The first kappa shape index (κ1) is 16.3. The van der Waals surface area contributed by atoms with Crippen molar-refractivity contribution in [2.24, 2.45) is 0 Å². The highest BCUT2D eigenvalue weighted by Crippen LogP contribution is 2.25. The number of H-pyrrole nitrogens is 1. The van der Waals surface area contributed by atoms with Gasteiger partial charge in [-0.25, -0.2) is 0 Å². The van der Waals surface area contributed by atoms with Crippen LogP contribution in [-0.2, 0) is 4.79 Å². The number of hydrogen-bond acceptors (Lipinski definition) is 2. The number of aromatic nitrogens is 1. The zero-order valence-corrected chi connectivity index (χ0v) is 14.6. The smallest absolute Gasteiger partial charge is 0.271 e. The fraction of sp³-hybridized carbons (Fsp3) is 0.368. The van der Waals surface area contributed by atoms with Gasteiger partial charge in [-0.1, -0.05) is 18.2 Å². The quantitative estimate of drug-likeness (QED) is 0.923. The summed E-state index contributed by atoms with van der Waals surface area (Å²) in [5.41, 5.74) is 4.44. The molecule has 1 aromatic heterocycles. The van der Waals surface area contributed by atoms with Gasteiger partial charge in [0.05, 0.1) is 6.04 Å². The lowest BCUT2D eigenvalue weighted by Crippen LogP contribution is -2.57. The van der Waals surface area contributed by atoms with E-state index in [1.807, 2.05) is 62.9 Å². The Bertz CT molecular complexity index is 794. The van der Waals surface area contributed by atoms with Gasteiger partial charge in [0.25, 0.3) is 5.91 Å². The van der Waals surface area contributed by atoms with Gasteiger partial charge < -0.3 is 14.8 Å². The molecule has 1 fully saturated rings. The molecule has 1 saturated heterocycles. The minimum Gasteiger partial charge on any atom is -0.354 e. The highest BCUT2D eigenvalue weighted by molar-refractivity contribution is 6.02. The number of carbonyl (C=O) groups excluding carboxylic acids is 2. The molecular formula is C19H23N3O2. The van der Waals surface area contributed by atoms with E-state index in [2.05, 4.69) is 4.98 Å². The van der Waals surface area contributed by atoms with Crippen molar-refractivity contribution in [1.29, 1.82) is 0 Å². The van der Waals surface area contributed by atoms with Gasteiger partial charge in [-0.05, 0) is 51.0 Å². The van der Waals surface area contributed by atoms with Gasteiger partial charge in [0, 0.05) is 17.9 Å². The van der Waals surface area contributed by atoms with Crippen LogP contribution in [0.2, 0.25) is 0 Å². The number of nitrogens with one attached hydrogen (secondary N) is 1. The van der Waals surface area contributed by atoms with Crippen LogP contribution in [0.25, 0.3) is 0 Å². The molecule has 5 nitrogen and oxygen atoms in total. The van der Waals surface area contributed by atoms with Gasteiger partial charge in [-0.15, -0.1) is 0 Å². The van der Waals surface area contributed by atoms with Gasteiger partial charge in [0.1, 0.15) is 12.2 Å². The number of aromatic amines is 1. The predicted octanol–water partition coefficient (Wildman–Crippen LogP) is 2.82. The van der Waals surface area contributed by atoms with Crippen molar-refractivity contribution in [1.82, 2.24) is 9.88 Å². The van der Waals surface area contributed by atoms with Gasteiger partial charge in [-0.3, -0.25) is 9.59 Å². The van der Waals surface area contributed by atoms with Crippen LogP contribution in [0.3, 0.4) is 0 Å². The third-order valence-electron chi connectivity index (χ3n) is 4.55. The third kappa shape index (κ3) is 2.82. The zero-order valence-electron chi connectivity index (χ0n) is 14.6. The van der Waals surface area contributed by atoms with Gasteiger partial charge >= 0.3 is 0 Å². The Morgan fingerprint density at radius 1 is 1.17 bits per heavy atom. The summed E-state index contributed by atoms with van der Waals surface area (Å²) < 4.78 is 0. The lowest BCUT2D eigenvalue weighted by Gasteiger charge is -2.40. The van der Waals surface area contributed by atoms with Gasteiger partial charge in [0.15, 0.2) is 0 Å². The Kier molecular flexibility index (Phi) is 4.18. The van der Waals surface area contributed by atoms with E-state index < -0.39 is 0 Å². The topological polar surface area (TPSA) is 56.4 Å². The number of anilines is 1. The van der Waals surface area contributed by atoms with E-state index >= 15 is 0 Å². The van der Waals surface area contributed by atoms with Crippen LogP contribution in [-0.4, -0.2) is 40.8 Å². The molecule has 1 aliphatic rings. The van der Waals surface area contributed by atoms with Crippen LogP contribution in [0.15, 0.2) is 30.3 Å². The van der Waals surface area contributed by atoms with E-state index in [1.54, 1.807) is 4.90 Å². The molecule has 2 heterocycles. The van der Waals surface area contributed by atoms with Gasteiger partial charge in [0.2, 0.25) is 5.91 Å². The Morgan fingerprint density at radius 3 is 2.46 bits per heavy atom. The number of aryl methyl sites for hydroxylation is 3. The molecule has 0 bridgehead atoms. The molecule has 0 radical (unpaired) electrons. The van der Waals surface area contributed by atoms with Crippen molar-refractivity contribution < 1.29 is 9.59 Å². The average Bonchev–Trinajstić information content (AvgIpc) is 2.86. The molecule has 0 aliphatic carbocycles. The second-order valence-electron chi connectivity index (χ2n) is 6.60. The molecule has 1 aromatic carbocycles. The summed E-state index contributed by atoms with van der Waals surface area (Å²) in [6, 6.07) is 9.74. The Morgan fingerprint density at radius 2 is 1.88 bits per heavy atom. The van der Waals surface area contributed by atoms with Crippen molar-refractivity contribution in [3.63, 3.8) is 0 Å². The van der Waals surface area contributed by atoms with E-state index in [4.69, 9.17) is 0 Å². The molecule has 1 atom stereocenters. The van der Waals surface area contributed by atoms with E-state index in [1.165, 1.54) is 0 Å². The summed E-state index contributed by atoms with van der Waals surface area (Å²) in [5.74, 6) is -0.150. The van der Waals surface area contributed by atoms with Gasteiger partial charge in [-0.2, -0.15) is 0 Å². The van der Waals surface area contributed by atoms with Crippen LogP contribution in [0.4, 0.5) is 5.69 Å². The molecule has 0 spiro atoms. The number of para-hydroxylation sites is 1. The van der Waals surface area contributed by atoms with Crippen molar-refractivity contribution >= 4 is 17.5 Å². The average molecular weight is 325 g/mol. The molecule has 126 valence electrons. The SMILES string of the molecule is Cc1cc(C)c(C(=O)N2CC(=O)N(c3ccccc3C)[C@@H](C)C2)[nH]1. The van der Waals surface area contributed by atoms with Crippen LogP contribution in [0, 0.1) is 20.8 Å². The van der Waals surface area contributed by atoms with Crippen LogP contribution in [0.5, 0.6) is 0 Å². The van der Waals surface area contributed by atoms with E-state index in [0.29, 0.717) is 12.2 Å². The Balaban J connectivity index is 1.83. The summed E-state index contributed by atoms with van der Waals surface area (Å²) in [5, 5.41) is 0. The number of rotatable bonds is 2. The summed E-state index contributed by atoms with van der Waals surface area (Å²) in [6.45, 7) is 8.44. The van der Waals surface area contributed by atoms with E-state index in [9.17, 15) is 9.59 Å².